The van der Waals surface area contributed by atoms with Gasteiger partial charge < -0.3 is 15.2 Å². The summed E-state index contributed by atoms with van der Waals surface area (Å²) in [5.41, 5.74) is 3.96. The zero-order valence-corrected chi connectivity index (χ0v) is 14.8. The lowest BCUT2D eigenvalue weighted by Crippen LogP contribution is -2.35. The molecule has 4 nitrogen and oxygen atoms in total. The Balaban J connectivity index is 1.62. The van der Waals surface area contributed by atoms with Gasteiger partial charge in [-0.15, -0.1) is 0 Å². The van der Waals surface area contributed by atoms with Gasteiger partial charge in [0.2, 0.25) is 0 Å². The highest BCUT2D eigenvalue weighted by molar-refractivity contribution is 5.88. The first-order valence-corrected chi connectivity index (χ1v) is 9.43. The Labute approximate surface area is 153 Å². The summed E-state index contributed by atoms with van der Waals surface area (Å²) in [5, 5.41) is 13.2. The summed E-state index contributed by atoms with van der Waals surface area (Å²) in [7, 11) is 1.70. The summed E-state index contributed by atoms with van der Waals surface area (Å²) < 4.78 is 5.44. The first-order valence-electron chi connectivity index (χ1n) is 9.43. The highest BCUT2D eigenvalue weighted by Crippen LogP contribution is 2.63. The van der Waals surface area contributed by atoms with Crippen molar-refractivity contribution in [1.82, 2.24) is 0 Å². The van der Waals surface area contributed by atoms with Gasteiger partial charge in [0.15, 0.2) is 0 Å². The number of methoxy groups -OCH3 is 1. The van der Waals surface area contributed by atoms with Crippen molar-refractivity contribution in [1.29, 1.82) is 0 Å². The van der Waals surface area contributed by atoms with Gasteiger partial charge in [-0.25, -0.2) is 4.79 Å². The summed E-state index contributed by atoms with van der Waals surface area (Å²) in [4.78, 5) is 11.5. The number of fused-ring (bicyclic) bond motifs is 7. The molecule has 2 aliphatic carbocycles. The third-order valence-corrected chi connectivity index (χ3v) is 6.79. The molecular weight excluding hydrogens is 326 g/mol. The lowest BCUT2D eigenvalue weighted by Gasteiger charge is -2.43. The van der Waals surface area contributed by atoms with Crippen molar-refractivity contribution in [2.24, 2.45) is 17.8 Å². The van der Waals surface area contributed by atoms with Crippen LogP contribution in [0.2, 0.25) is 0 Å². The van der Waals surface area contributed by atoms with E-state index in [-0.39, 0.29) is 6.04 Å². The maximum absolute atomic E-state index is 11.5. The van der Waals surface area contributed by atoms with Gasteiger partial charge in [-0.05, 0) is 84.4 Å². The fraction of sp³-hybridized carbons (Fsp3) is 0.409. The van der Waals surface area contributed by atoms with Gasteiger partial charge in [0.05, 0.1) is 18.7 Å². The number of aromatic carboxylic acids is 1. The van der Waals surface area contributed by atoms with Gasteiger partial charge in [0.1, 0.15) is 5.75 Å². The second-order valence-corrected chi connectivity index (χ2v) is 7.94. The van der Waals surface area contributed by atoms with Crippen LogP contribution in [-0.2, 0) is 0 Å². The fourth-order valence-electron chi connectivity index (χ4n) is 5.78. The summed E-state index contributed by atoms with van der Waals surface area (Å²) in [6.45, 7) is 0. The first-order chi connectivity index (χ1) is 12.7. The number of benzene rings is 2. The smallest absolute Gasteiger partial charge is 0.335 e. The van der Waals surface area contributed by atoms with E-state index in [1.807, 2.05) is 18.2 Å². The van der Waals surface area contributed by atoms with Crippen molar-refractivity contribution in [2.45, 2.75) is 31.2 Å². The summed E-state index contributed by atoms with van der Waals surface area (Å²) in [5.74, 6) is 2.43. The molecule has 2 bridgehead atoms. The second kappa shape index (κ2) is 5.76. The van der Waals surface area contributed by atoms with Crippen molar-refractivity contribution in [3.05, 3.63) is 59.2 Å². The Morgan fingerprint density at radius 2 is 2.00 bits per heavy atom. The predicted octanol–water partition coefficient (Wildman–Crippen LogP) is 4.69. The maximum atomic E-state index is 11.5. The standard InChI is InChI=1S/C22H23NO3/c1-26-16-4-2-3-14(10-16)21-20-13-6-5-12(9-13)19(20)17-11-15(22(24)25)7-8-18(17)23-21/h2-4,7-8,10-13,19-21,23H,5-6,9H2,1H3,(H,24,25)/t12-,13+,19+,20+,21+/m1/s1. The molecule has 2 fully saturated rings. The quantitative estimate of drug-likeness (QED) is 0.844. The molecule has 5 atom stereocenters. The Kier molecular flexibility index (Phi) is 3.49. The molecule has 2 aromatic carbocycles. The van der Waals surface area contributed by atoms with E-state index in [0.29, 0.717) is 23.3 Å². The Morgan fingerprint density at radius 3 is 2.81 bits per heavy atom. The molecule has 1 heterocycles. The molecule has 2 aromatic rings. The Hall–Kier alpha value is -2.49. The number of anilines is 1. The molecule has 3 aliphatic rings. The molecular formula is C22H23NO3. The average Bonchev–Trinajstić information content (AvgIpc) is 3.29. The zero-order chi connectivity index (χ0) is 17.8. The Bertz CT molecular complexity index is 877. The molecule has 0 radical (unpaired) electrons. The van der Waals surface area contributed by atoms with E-state index in [9.17, 15) is 9.90 Å². The van der Waals surface area contributed by atoms with Crippen LogP contribution >= 0.6 is 0 Å². The van der Waals surface area contributed by atoms with Crippen molar-refractivity contribution >= 4 is 11.7 Å². The van der Waals surface area contributed by atoms with E-state index in [1.54, 1.807) is 13.2 Å². The van der Waals surface area contributed by atoms with Gasteiger partial charge in [0, 0.05) is 5.69 Å². The zero-order valence-electron chi connectivity index (χ0n) is 14.8. The van der Waals surface area contributed by atoms with E-state index in [1.165, 1.54) is 30.4 Å². The SMILES string of the molecule is COc1cccc([C@@H]2Nc3ccc(C(=O)O)cc3[C@@H]3[C@@H]4CC[C@@H](C4)[C@@H]32)c1. The molecule has 5 rings (SSSR count). The van der Waals surface area contributed by atoms with Crippen LogP contribution in [0.25, 0.3) is 0 Å². The topological polar surface area (TPSA) is 58.6 Å². The minimum absolute atomic E-state index is 0.258. The van der Waals surface area contributed by atoms with Gasteiger partial charge in [-0.1, -0.05) is 12.1 Å². The molecule has 0 unspecified atom stereocenters. The van der Waals surface area contributed by atoms with Gasteiger partial charge in [0.25, 0.3) is 0 Å². The lowest BCUT2D eigenvalue weighted by molar-refractivity contribution is 0.0696. The molecule has 0 spiro atoms. The summed E-state index contributed by atoms with van der Waals surface area (Å²) in [6.07, 6.45) is 3.84. The van der Waals surface area contributed by atoms with Crippen LogP contribution < -0.4 is 10.1 Å². The van der Waals surface area contributed by atoms with Crippen LogP contribution in [0.5, 0.6) is 5.75 Å². The fourth-order valence-corrected chi connectivity index (χ4v) is 5.78. The van der Waals surface area contributed by atoms with Crippen molar-refractivity contribution in [3.63, 3.8) is 0 Å². The van der Waals surface area contributed by atoms with E-state index in [2.05, 4.69) is 23.5 Å². The highest BCUT2D eigenvalue weighted by atomic mass is 16.5. The van der Waals surface area contributed by atoms with E-state index in [0.717, 1.165) is 17.4 Å². The van der Waals surface area contributed by atoms with Gasteiger partial charge in [-0.3, -0.25) is 0 Å². The largest absolute Gasteiger partial charge is 0.497 e. The van der Waals surface area contributed by atoms with E-state index >= 15 is 0 Å². The number of hydrogen-bond donors (Lipinski definition) is 2. The molecule has 2 saturated carbocycles. The first kappa shape index (κ1) is 15.7. The predicted molar refractivity (Wildman–Crippen MR) is 99.8 cm³/mol. The number of carbonyl (C=O) groups is 1. The minimum atomic E-state index is -0.845. The van der Waals surface area contributed by atoms with Gasteiger partial charge in [-0.2, -0.15) is 0 Å². The number of carboxylic acids is 1. The van der Waals surface area contributed by atoms with E-state index in [4.69, 9.17) is 4.74 Å². The van der Waals surface area contributed by atoms with Gasteiger partial charge >= 0.3 is 5.97 Å². The van der Waals surface area contributed by atoms with Crippen molar-refractivity contribution in [2.75, 3.05) is 12.4 Å². The van der Waals surface area contributed by atoms with Crippen LogP contribution in [0.4, 0.5) is 5.69 Å². The third kappa shape index (κ3) is 2.24. The summed E-state index contributed by atoms with van der Waals surface area (Å²) >= 11 is 0. The Morgan fingerprint density at radius 1 is 1.15 bits per heavy atom. The monoisotopic (exact) mass is 349 g/mol. The van der Waals surface area contributed by atoms with E-state index < -0.39 is 5.97 Å². The molecule has 0 aromatic heterocycles. The number of hydrogen-bond acceptors (Lipinski definition) is 3. The van der Waals surface area contributed by atoms with Crippen LogP contribution in [0.3, 0.4) is 0 Å². The molecule has 2 N–H and O–H groups in total. The normalized spacial score (nSPS) is 31.0. The van der Waals surface area contributed by atoms with Crippen molar-refractivity contribution in [3.8, 4) is 5.75 Å². The van der Waals surface area contributed by atoms with Crippen LogP contribution in [0.1, 0.15) is 52.7 Å². The highest BCUT2D eigenvalue weighted by Gasteiger charge is 2.53. The number of nitrogens with one attached hydrogen (secondary N) is 1. The lowest BCUT2D eigenvalue weighted by atomic mass is 9.68. The third-order valence-electron chi connectivity index (χ3n) is 6.79. The van der Waals surface area contributed by atoms with Crippen LogP contribution in [0, 0.1) is 17.8 Å². The molecule has 0 amide bonds. The number of ether oxygens (including phenoxy) is 1. The molecule has 26 heavy (non-hydrogen) atoms. The summed E-state index contributed by atoms with van der Waals surface area (Å²) in [6, 6.07) is 14.2. The number of carboxylic acid groups (broad SMARTS) is 1. The minimum Gasteiger partial charge on any atom is -0.497 e. The maximum Gasteiger partial charge on any atom is 0.335 e. The molecule has 0 saturated heterocycles. The molecule has 134 valence electrons. The average molecular weight is 349 g/mol. The second-order valence-electron chi connectivity index (χ2n) is 7.94. The molecule has 4 heteroatoms. The van der Waals surface area contributed by atoms with Crippen LogP contribution in [0.15, 0.2) is 42.5 Å². The van der Waals surface area contributed by atoms with Crippen LogP contribution in [-0.4, -0.2) is 18.2 Å². The number of rotatable bonds is 3. The molecule has 1 aliphatic heterocycles. The van der Waals surface area contributed by atoms with Crippen molar-refractivity contribution < 1.29 is 14.6 Å².